The molecule has 0 bridgehead atoms. The van der Waals surface area contributed by atoms with Gasteiger partial charge in [-0.2, -0.15) is 0 Å². The van der Waals surface area contributed by atoms with Crippen LogP contribution in [0.3, 0.4) is 0 Å². The van der Waals surface area contributed by atoms with E-state index in [0.29, 0.717) is 19.0 Å². The lowest BCUT2D eigenvalue weighted by atomic mass is 9.91. The zero-order chi connectivity index (χ0) is 15.7. The van der Waals surface area contributed by atoms with Crippen molar-refractivity contribution in [1.82, 2.24) is 10.1 Å². The van der Waals surface area contributed by atoms with Crippen LogP contribution in [0, 0.1) is 19.8 Å². The van der Waals surface area contributed by atoms with Crippen molar-refractivity contribution in [2.45, 2.75) is 39.5 Å². The number of hydrogen-bond acceptors (Lipinski definition) is 3. The van der Waals surface area contributed by atoms with Gasteiger partial charge in [-0.25, -0.2) is 4.79 Å². The summed E-state index contributed by atoms with van der Waals surface area (Å²) in [7, 11) is 0. The molecule has 2 heterocycles. The fourth-order valence-electron chi connectivity index (χ4n) is 3.18. The van der Waals surface area contributed by atoms with E-state index in [4.69, 9.17) is 9.63 Å². The Kier molecular flexibility index (Phi) is 4.05. The topological polar surface area (TPSA) is 66.6 Å². The molecule has 3 rings (SSSR count). The maximum atomic E-state index is 10.9. The van der Waals surface area contributed by atoms with Crippen LogP contribution in [0.15, 0.2) is 16.7 Å². The summed E-state index contributed by atoms with van der Waals surface area (Å²) in [6, 6.07) is 4.20. The summed E-state index contributed by atoms with van der Waals surface area (Å²) in [5, 5.41) is 14.3. The van der Waals surface area contributed by atoms with E-state index < -0.39 is 6.09 Å². The standard InChI is InChI=1S/C17H22N2O3/c1-11-9-14-15(18-22-16(14)10-12(11)2)4-3-13-5-7-19(8-6-13)17(20)21/h9-10,13H,3-8H2,1-2H3,(H,20,21). The van der Waals surface area contributed by atoms with Crippen LogP contribution in [0.5, 0.6) is 0 Å². The number of amides is 1. The Bertz CT molecular complexity index is 685. The molecule has 5 heteroatoms. The Morgan fingerprint density at radius 2 is 2.00 bits per heavy atom. The number of aromatic nitrogens is 1. The zero-order valence-electron chi connectivity index (χ0n) is 13.1. The maximum absolute atomic E-state index is 10.9. The fourth-order valence-corrected chi connectivity index (χ4v) is 3.18. The van der Waals surface area contributed by atoms with Gasteiger partial charge < -0.3 is 14.5 Å². The average molecular weight is 302 g/mol. The second-order valence-electron chi connectivity index (χ2n) is 6.31. The largest absolute Gasteiger partial charge is 0.465 e. The maximum Gasteiger partial charge on any atom is 0.407 e. The van der Waals surface area contributed by atoms with Gasteiger partial charge in [0.1, 0.15) is 0 Å². The van der Waals surface area contributed by atoms with Crippen LogP contribution in [-0.2, 0) is 6.42 Å². The molecule has 1 aliphatic heterocycles. The number of aryl methyl sites for hydroxylation is 3. The molecule has 1 saturated heterocycles. The van der Waals surface area contributed by atoms with E-state index in [0.717, 1.165) is 42.3 Å². The first-order valence-electron chi connectivity index (χ1n) is 7.88. The highest BCUT2D eigenvalue weighted by Crippen LogP contribution is 2.27. The third kappa shape index (κ3) is 2.93. The Balaban J connectivity index is 1.63. The second kappa shape index (κ2) is 5.99. The molecule has 1 amide bonds. The third-order valence-corrected chi connectivity index (χ3v) is 4.84. The molecule has 1 aromatic carbocycles. The van der Waals surface area contributed by atoms with Crippen LogP contribution in [-0.4, -0.2) is 34.3 Å². The molecule has 5 nitrogen and oxygen atoms in total. The van der Waals surface area contributed by atoms with Crippen LogP contribution >= 0.6 is 0 Å². The zero-order valence-corrected chi connectivity index (χ0v) is 13.1. The molecule has 1 aromatic heterocycles. The highest BCUT2D eigenvalue weighted by atomic mass is 16.5. The van der Waals surface area contributed by atoms with Crippen LogP contribution in [0.1, 0.15) is 36.1 Å². The number of fused-ring (bicyclic) bond motifs is 1. The minimum absolute atomic E-state index is 0.578. The second-order valence-corrected chi connectivity index (χ2v) is 6.31. The molecular weight excluding hydrogens is 280 g/mol. The number of nitrogens with zero attached hydrogens (tertiary/aromatic N) is 2. The van der Waals surface area contributed by atoms with Crippen LogP contribution < -0.4 is 0 Å². The molecule has 0 aliphatic carbocycles. The molecule has 22 heavy (non-hydrogen) atoms. The van der Waals surface area contributed by atoms with Crippen molar-refractivity contribution < 1.29 is 14.4 Å². The van der Waals surface area contributed by atoms with Crippen molar-refractivity contribution in [3.63, 3.8) is 0 Å². The van der Waals surface area contributed by atoms with E-state index >= 15 is 0 Å². The first kappa shape index (κ1) is 14.9. The van der Waals surface area contributed by atoms with Crippen molar-refractivity contribution >= 4 is 17.1 Å². The number of rotatable bonds is 3. The predicted molar refractivity (Wildman–Crippen MR) is 84.1 cm³/mol. The highest BCUT2D eigenvalue weighted by molar-refractivity contribution is 5.81. The molecule has 2 aromatic rings. The number of likely N-dealkylation sites (tertiary alicyclic amines) is 1. The highest BCUT2D eigenvalue weighted by Gasteiger charge is 2.22. The molecule has 0 unspecified atom stereocenters. The Morgan fingerprint density at radius 1 is 1.32 bits per heavy atom. The summed E-state index contributed by atoms with van der Waals surface area (Å²) in [6.45, 7) is 5.48. The van der Waals surface area contributed by atoms with E-state index in [1.807, 2.05) is 6.07 Å². The van der Waals surface area contributed by atoms with Gasteiger partial charge in [-0.05, 0) is 68.7 Å². The van der Waals surface area contributed by atoms with E-state index in [-0.39, 0.29) is 0 Å². The van der Waals surface area contributed by atoms with Gasteiger partial charge in [-0.15, -0.1) is 0 Å². The normalized spacial score (nSPS) is 16.4. The molecule has 0 saturated carbocycles. The average Bonchev–Trinajstić information content (AvgIpc) is 2.88. The molecule has 0 radical (unpaired) electrons. The molecule has 118 valence electrons. The predicted octanol–water partition coefficient (Wildman–Crippen LogP) is 3.77. The number of hydrogen-bond donors (Lipinski definition) is 1. The fraction of sp³-hybridized carbons (Fsp3) is 0.529. The van der Waals surface area contributed by atoms with Gasteiger partial charge in [0.2, 0.25) is 0 Å². The molecule has 1 fully saturated rings. The van der Waals surface area contributed by atoms with Gasteiger partial charge in [0.25, 0.3) is 0 Å². The van der Waals surface area contributed by atoms with Crippen molar-refractivity contribution in [2.75, 3.05) is 13.1 Å². The van der Waals surface area contributed by atoms with Crippen LogP contribution in [0.25, 0.3) is 11.0 Å². The van der Waals surface area contributed by atoms with Crippen molar-refractivity contribution in [1.29, 1.82) is 0 Å². The van der Waals surface area contributed by atoms with Crippen LogP contribution in [0.2, 0.25) is 0 Å². The van der Waals surface area contributed by atoms with Crippen molar-refractivity contribution in [3.05, 3.63) is 29.0 Å². The first-order chi connectivity index (χ1) is 10.5. The number of carboxylic acid groups (broad SMARTS) is 1. The third-order valence-electron chi connectivity index (χ3n) is 4.84. The van der Waals surface area contributed by atoms with Gasteiger partial charge in [0, 0.05) is 18.5 Å². The molecule has 1 aliphatic rings. The van der Waals surface area contributed by atoms with Gasteiger partial charge >= 0.3 is 6.09 Å². The summed E-state index contributed by atoms with van der Waals surface area (Å²) < 4.78 is 5.44. The Hall–Kier alpha value is -2.04. The molecule has 0 spiro atoms. The van der Waals surface area contributed by atoms with Gasteiger partial charge in [0.05, 0.1) is 5.69 Å². The SMILES string of the molecule is Cc1cc2onc(CCC3CCN(C(=O)O)CC3)c2cc1C. The minimum atomic E-state index is -0.799. The van der Waals surface area contributed by atoms with E-state index in [2.05, 4.69) is 25.1 Å². The monoisotopic (exact) mass is 302 g/mol. The number of piperidine rings is 1. The van der Waals surface area contributed by atoms with E-state index in [1.165, 1.54) is 16.0 Å². The lowest BCUT2D eigenvalue weighted by molar-refractivity contribution is 0.123. The Morgan fingerprint density at radius 3 is 2.68 bits per heavy atom. The van der Waals surface area contributed by atoms with E-state index in [9.17, 15) is 4.79 Å². The Labute approximate surface area is 129 Å². The lowest BCUT2D eigenvalue weighted by Gasteiger charge is -2.29. The first-order valence-corrected chi connectivity index (χ1v) is 7.88. The summed E-state index contributed by atoms with van der Waals surface area (Å²) in [5.41, 5.74) is 4.36. The van der Waals surface area contributed by atoms with Crippen molar-refractivity contribution in [3.8, 4) is 0 Å². The molecular formula is C17H22N2O3. The summed E-state index contributed by atoms with van der Waals surface area (Å²) in [6.07, 6.45) is 3.03. The van der Waals surface area contributed by atoms with Gasteiger partial charge in [-0.3, -0.25) is 0 Å². The smallest absolute Gasteiger partial charge is 0.407 e. The van der Waals surface area contributed by atoms with Gasteiger partial charge in [-0.1, -0.05) is 5.16 Å². The summed E-state index contributed by atoms with van der Waals surface area (Å²) in [4.78, 5) is 12.4. The van der Waals surface area contributed by atoms with Gasteiger partial charge in [0.15, 0.2) is 5.58 Å². The number of benzene rings is 1. The summed E-state index contributed by atoms with van der Waals surface area (Å²) in [5.74, 6) is 0.578. The summed E-state index contributed by atoms with van der Waals surface area (Å²) >= 11 is 0. The van der Waals surface area contributed by atoms with Crippen LogP contribution in [0.4, 0.5) is 4.79 Å². The van der Waals surface area contributed by atoms with Crippen molar-refractivity contribution in [2.24, 2.45) is 5.92 Å². The van der Waals surface area contributed by atoms with E-state index in [1.54, 1.807) is 0 Å². The minimum Gasteiger partial charge on any atom is -0.465 e. The molecule has 1 N–H and O–H groups in total. The quantitative estimate of drug-likeness (QED) is 0.937. The lowest BCUT2D eigenvalue weighted by Crippen LogP contribution is -2.37. The number of carbonyl (C=O) groups is 1. The molecule has 0 atom stereocenters.